The van der Waals surface area contributed by atoms with Crippen molar-refractivity contribution in [3.63, 3.8) is 0 Å². The molecule has 0 unspecified atom stereocenters. The van der Waals surface area contributed by atoms with E-state index in [-0.39, 0.29) is 5.54 Å². The number of rotatable bonds is 6. The lowest BCUT2D eigenvalue weighted by atomic mass is 10.0. The summed E-state index contributed by atoms with van der Waals surface area (Å²) in [4.78, 5) is 0.404. The molecule has 118 valence electrons. The highest BCUT2D eigenvalue weighted by Crippen LogP contribution is 2.40. The first-order valence-corrected chi connectivity index (χ1v) is 8.94. The summed E-state index contributed by atoms with van der Waals surface area (Å²) in [6, 6.07) is 3.82. The van der Waals surface area contributed by atoms with Gasteiger partial charge in [0, 0.05) is 12.1 Å². The molecule has 0 saturated heterocycles. The number of hydrogen-bond donors (Lipinski definition) is 2. The molecule has 4 nitrogen and oxygen atoms in total. The highest BCUT2D eigenvalue weighted by molar-refractivity contribution is 7.89. The number of aryl methyl sites for hydroxylation is 1. The lowest BCUT2D eigenvalue weighted by Crippen LogP contribution is -2.45. The molecule has 21 heavy (non-hydrogen) atoms. The zero-order valence-corrected chi connectivity index (χ0v) is 14.4. The maximum atomic E-state index is 12.8. The quantitative estimate of drug-likeness (QED) is 0.849. The van der Waals surface area contributed by atoms with E-state index in [0.29, 0.717) is 17.4 Å². The summed E-state index contributed by atoms with van der Waals surface area (Å²) >= 11 is 0. The minimum atomic E-state index is -3.49. The maximum absolute atomic E-state index is 12.8. The van der Waals surface area contributed by atoms with Crippen LogP contribution in [0.2, 0.25) is 0 Å². The fourth-order valence-corrected chi connectivity index (χ4v) is 4.61. The van der Waals surface area contributed by atoms with Crippen molar-refractivity contribution in [3.05, 3.63) is 28.8 Å². The minimum absolute atomic E-state index is 0.377. The van der Waals surface area contributed by atoms with Crippen molar-refractivity contribution in [3.8, 4) is 0 Å². The molecular formula is C16H26N2O2S. The van der Waals surface area contributed by atoms with Crippen molar-refractivity contribution in [2.45, 2.75) is 57.5 Å². The largest absolute Gasteiger partial charge is 0.316 e. The molecule has 5 heteroatoms. The molecule has 2 N–H and O–H groups in total. The van der Waals surface area contributed by atoms with E-state index in [1.165, 1.54) is 0 Å². The summed E-state index contributed by atoms with van der Waals surface area (Å²) in [6.45, 7) is 8.44. The summed E-state index contributed by atoms with van der Waals surface area (Å²) in [6.07, 6.45) is 2.21. The second kappa shape index (κ2) is 5.71. The third-order valence-electron chi connectivity index (χ3n) is 4.35. The highest BCUT2D eigenvalue weighted by atomic mass is 32.2. The van der Waals surface area contributed by atoms with Crippen LogP contribution in [0.4, 0.5) is 0 Å². The van der Waals surface area contributed by atoms with Crippen LogP contribution in [0, 0.1) is 19.8 Å². The maximum Gasteiger partial charge on any atom is 0.241 e. The molecule has 0 atom stereocenters. The van der Waals surface area contributed by atoms with Crippen LogP contribution in [0.25, 0.3) is 0 Å². The Bertz CT molecular complexity index is 632. The van der Waals surface area contributed by atoms with Gasteiger partial charge in [0.1, 0.15) is 0 Å². The van der Waals surface area contributed by atoms with Gasteiger partial charge in [-0.15, -0.1) is 0 Å². The zero-order valence-electron chi connectivity index (χ0n) is 13.6. The first-order chi connectivity index (χ1) is 9.67. The van der Waals surface area contributed by atoms with Gasteiger partial charge in [-0.2, -0.15) is 0 Å². The van der Waals surface area contributed by atoms with Crippen molar-refractivity contribution >= 4 is 10.0 Å². The van der Waals surface area contributed by atoms with E-state index in [1.54, 1.807) is 6.07 Å². The Hall–Kier alpha value is -0.910. The van der Waals surface area contributed by atoms with Crippen LogP contribution < -0.4 is 10.0 Å². The molecular weight excluding hydrogens is 284 g/mol. The van der Waals surface area contributed by atoms with Crippen LogP contribution in [0.15, 0.2) is 17.0 Å². The fraction of sp³-hybridized carbons (Fsp3) is 0.625. The molecule has 0 radical (unpaired) electrons. The zero-order chi connectivity index (χ0) is 15.8. The predicted octanol–water partition coefficient (Wildman–Crippen LogP) is 2.49. The standard InChI is InChI=1S/C16H26N2O2S/c1-11-8-13(10-17-5)9-15(12(11)2)21(19,20)18-16(3,4)14-6-7-14/h8-9,14,17-18H,6-7,10H2,1-5H3. The van der Waals surface area contributed by atoms with E-state index in [4.69, 9.17) is 0 Å². The Morgan fingerprint density at radius 3 is 2.38 bits per heavy atom. The Morgan fingerprint density at radius 1 is 1.24 bits per heavy atom. The molecule has 0 amide bonds. The predicted molar refractivity (Wildman–Crippen MR) is 85.8 cm³/mol. The second-order valence-electron chi connectivity index (χ2n) is 6.67. The van der Waals surface area contributed by atoms with E-state index in [0.717, 1.165) is 29.5 Å². The lowest BCUT2D eigenvalue weighted by molar-refractivity contribution is 0.400. The van der Waals surface area contributed by atoms with Crippen molar-refractivity contribution < 1.29 is 8.42 Å². The number of hydrogen-bond acceptors (Lipinski definition) is 3. The van der Waals surface area contributed by atoms with Crippen molar-refractivity contribution in [2.75, 3.05) is 7.05 Å². The third-order valence-corrected chi connectivity index (χ3v) is 6.14. The first kappa shape index (κ1) is 16.5. The van der Waals surface area contributed by atoms with Gasteiger partial charge in [-0.3, -0.25) is 0 Å². The van der Waals surface area contributed by atoms with E-state index >= 15 is 0 Å². The summed E-state index contributed by atoms with van der Waals surface area (Å²) in [5, 5.41) is 3.07. The van der Waals surface area contributed by atoms with Gasteiger partial charge in [-0.1, -0.05) is 6.07 Å². The molecule has 1 fully saturated rings. The Balaban J connectivity index is 2.39. The fourth-order valence-electron chi connectivity index (χ4n) is 2.77. The van der Waals surface area contributed by atoms with Crippen molar-refractivity contribution in [1.82, 2.24) is 10.0 Å². The van der Waals surface area contributed by atoms with Gasteiger partial charge in [0.25, 0.3) is 0 Å². The normalized spacial score (nSPS) is 16.2. The molecule has 1 aliphatic rings. The van der Waals surface area contributed by atoms with E-state index in [9.17, 15) is 8.42 Å². The Kier molecular flexibility index (Phi) is 4.47. The molecule has 1 aromatic carbocycles. The molecule has 2 rings (SSSR count). The van der Waals surface area contributed by atoms with Gasteiger partial charge in [0.15, 0.2) is 0 Å². The van der Waals surface area contributed by atoms with E-state index in [2.05, 4.69) is 10.0 Å². The first-order valence-electron chi connectivity index (χ1n) is 7.46. The van der Waals surface area contributed by atoms with Gasteiger partial charge < -0.3 is 5.32 Å². The molecule has 1 aliphatic carbocycles. The summed E-state index contributed by atoms with van der Waals surface area (Å²) < 4.78 is 28.5. The summed E-state index contributed by atoms with van der Waals surface area (Å²) in [5.41, 5.74) is 2.45. The monoisotopic (exact) mass is 310 g/mol. The van der Waals surface area contributed by atoms with Gasteiger partial charge in [-0.25, -0.2) is 13.1 Å². The molecule has 1 aromatic rings. The topological polar surface area (TPSA) is 58.2 Å². The second-order valence-corrected chi connectivity index (χ2v) is 8.32. The van der Waals surface area contributed by atoms with Crippen LogP contribution in [0.3, 0.4) is 0 Å². The van der Waals surface area contributed by atoms with E-state index in [1.807, 2.05) is 40.8 Å². The summed E-state index contributed by atoms with van der Waals surface area (Å²) in [5.74, 6) is 0.453. The average molecular weight is 310 g/mol. The van der Waals surface area contributed by atoms with Crippen LogP contribution >= 0.6 is 0 Å². The molecule has 0 aromatic heterocycles. The van der Waals surface area contributed by atoms with Crippen LogP contribution in [0.5, 0.6) is 0 Å². The Morgan fingerprint density at radius 2 is 1.86 bits per heavy atom. The number of nitrogens with one attached hydrogen (secondary N) is 2. The average Bonchev–Trinajstić information content (AvgIpc) is 3.16. The molecule has 0 spiro atoms. The minimum Gasteiger partial charge on any atom is -0.316 e. The van der Waals surface area contributed by atoms with Crippen molar-refractivity contribution in [1.29, 1.82) is 0 Å². The molecule has 1 saturated carbocycles. The molecule has 0 bridgehead atoms. The van der Waals surface area contributed by atoms with Gasteiger partial charge in [0.05, 0.1) is 4.90 Å². The SMILES string of the molecule is CNCc1cc(C)c(C)c(S(=O)(=O)NC(C)(C)C2CC2)c1. The van der Waals surface area contributed by atoms with Crippen molar-refractivity contribution in [2.24, 2.45) is 5.92 Å². The lowest BCUT2D eigenvalue weighted by Gasteiger charge is -2.26. The van der Waals surface area contributed by atoms with Crippen LogP contribution in [0.1, 0.15) is 43.4 Å². The van der Waals surface area contributed by atoms with Crippen LogP contribution in [-0.2, 0) is 16.6 Å². The number of sulfonamides is 1. The smallest absolute Gasteiger partial charge is 0.241 e. The van der Waals surface area contributed by atoms with Gasteiger partial charge >= 0.3 is 0 Å². The molecule has 0 aliphatic heterocycles. The molecule has 0 heterocycles. The van der Waals surface area contributed by atoms with Crippen LogP contribution in [-0.4, -0.2) is 21.0 Å². The van der Waals surface area contributed by atoms with Gasteiger partial charge in [0.2, 0.25) is 10.0 Å². The summed E-state index contributed by atoms with van der Waals surface area (Å²) in [7, 11) is -1.64. The van der Waals surface area contributed by atoms with Gasteiger partial charge in [-0.05, 0) is 76.3 Å². The highest BCUT2D eigenvalue weighted by Gasteiger charge is 2.40. The van der Waals surface area contributed by atoms with E-state index < -0.39 is 10.0 Å². The number of benzene rings is 1. The Labute approximate surface area is 128 Å². The third kappa shape index (κ3) is 3.65.